The fraction of sp³-hybridized carbons (Fsp3) is 0. The molecule has 1 aromatic heterocycles. The molecule has 0 aliphatic rings. The summed E-state index contributed by atoms with van der Waals surface area (Å²) in [6.07, 6.45) is 1.74. The van der Waals surface area contributed by atoms with Gasteiger partial charge in [-0.05, 0) is 12.1 Å². The zero-order valence-corrected chi connectivity index (χ0v) is 7.70. The lowest BCUT2D eigenvalue weighted by atomic mass is 10.1. The number of hydrogen-bond acceptors (Lipinski definition) is 1. The first-order chi connectivity index (χ1) is 6.38. The maximum absolute atomic E-state index is 6.00. The molecular weight excluding hydrogens is 182 g/mol. The predicted octanol–water partition coefficient (Wildman–Crippen LogP) is 3.40. The van der Waals surface area contributed by atoms with Crippen LogP contribution in [0.1, 0.15) is 0 Å². The summed E-state index contributed by atoms with van der Waals surface area (Å²) >= 11 is 6.00. The van der Waals surface area contributed by atoms with Gasteiger partial charge in [-0.3, -0.25) is 4.98 Å². The van der Waals surface area contributed by atoms with Crippen molar-refractivity contribution in [3.8, 4) is 11.3 Å². The van der Waals surface area contributed by atoms with Gasteiger partial charge in [0.05, 0.1) is 10.7 Å². The van der Waals surface area contributed by atoms with Crippen LogP contribution in [-0.4, -0.2) is 4.98 Å². The maximum atomic E-state index is 6.00. The molecule has 2 rings (SSSR count). The Morgan fingerprint density at radius 3 is 2.38 bits per heavy atom. The molecule has 0 spiro atoms. The summed E-state index contributed by atoms with van der Waals surface area (Å²) in [7, 11) is 0. The Bertz CT molecular complexity index is 398. The third-order valence-corrected chi connectivity index (χ3v) is 2.11. The van der Waals surface area contributed by atoms with Crippen molar-refractivity contribution in [2.24, 2.45) is 0 Å². The molecular formula is C11H8ClN. The quantitative estimate of drug-likeness (QED) is 0.670. The van der Waals surface area contributed by atoms with E-state index in [-0.39, 0.29) is 0 Å². The van der Waals surface area contributed by atoms with E-state index in [0.717, 1.165) is 11.3 Å². The lowest BCUT2D eigenvalue weighted by Crippen LogP contribution is -1.82. The van der Waals surface area contributed by atoms with Crippen LogP contribution >= 0.6 is 11.6 Å². The summed E-state index contributed by atoms with van der Waals surface area (Å²) in [5, 5.41) is 0.689. The van der Waals surface area contributed by atoms with Gasteiger partial charge in [0.25, 0.3) is 0 Å². The van der Waals surface area contributed by atoms with Crippen LogP contribution in [-0.2, 0) is 0 Å². The lowest BCUT2D eigenvalue weighted by molar-refractivity contribution is 1.33. The Kier molecular flexibility index (Phi) is 2.28. The van der Waals surface area contributed by atoms with Crippen molar-refractivity contribution in [3.05, 3.63) is 53.7 Å². The van der Waals surface area contributed by atoms with Crippen molar-refractivity contribution in [3.63, 3.8) is 0 Å². The highest BCUT2D eigenvalue weighted by Crippen LogP contribution is 2.24. The molecule has 0 N–H and O–H groups in total. The SMILES string of the molecule is Clc1cccnc1-c1ccccc1. The summed E-state index contributed by atoms with van der Waals surface area (Å²) < 4.78 is 0. The highest BCUT2D eigenvalue weighted by molar-refractivity contribution is 6.33. The van der Waals surface area contributed by atoms with E-state index in [1.54, 1.807) is 6.20 Å². The molecule has 0 saturated heterocycles. The van der Waals surface area contributed by atoms with Crippen molar-refractivity contribution in [2.45, 2.75) is 0 Å². The summed E-state index contributed by atoms with van der Waals surface area (Å²) in [5.41, 5.74) is 1.89. The van der Waals surface area contributed by atoms with Crippen molar-refractivity contribution in [1.29, 1.82) is 0 Å². The normalized spacial score (nSPS) is 9.92. The number of pyridine rings is 1. The second kappa shape index (κ2) is 3.58. The molecule has 1 nitrogen and oxygen atoms in total. The number of benzene rings is 1. The highest BCUT2D eigenvalue weighted by atomic mass is 35.5. The van der Waals surface area contributed by atoms with E-state index in [1.807, 2.05) is 42.5 Å². The molecule has 1 aromatic carbocycles. The maximum Gasteiger partial charge on any atom is 0.0888 e. The van der Waals surface area contributed by atoms with Gasteiger partial charge in [-0.15, -0.1) is 0 Å². The third kappa shape index (κ3) is 1.70. The minimum absolute atomic E-state index is 0.689. The summed E-state index contributed by atoms with van der Waals surface area (Å²) in [5.74, 6) is 0. The van der Waals surface area contributed by atoms with Crippen LogP contribution in [0.4, 0.5) is 0 Å². The van der Waals surface area contributed by atoms with Gasteiger partial charge in [0.2, 0.25) is 0 Å². The van der Waals surface area contributed by atoms with Crippen molar-refractivity contribution in [2.75, 3.05) is 0 Å². The molecule has 64 valence electrons. The van der Waals surface area contributed by atoms with Gasteiger partial charge in [-0.2, -0.15) is 0 Å². The lowest BCUT2D eigenvalue weighted by Gasteiger charge is -2.01. The van der Waals surface area contributed by atoms with Gasteiger partial charge < -0.3 is 0 Å². The molecule has 0 aliphatic heterocycles. The van der Waals surface area contributed by atoms with E-state index >= 15 is 0 Å². The minimum Gasteiger partial charge on any atom is -0.255 e. The van der Waals surface area contributed by atoms with E-state index in [1.165, 1.54) is 0 Å². The average Bonchev–Trinajstić information content (AvgIpc) is 2.20. The Hall–Kier alpha value is -1.34. The van der Waals surface area contributed by atoms with Crippen molar-refractivity contribution < 1.29 is 0 Å². The van der Waals surface area contributed by atoms with Crippen LogP contribution in [0.15, 0.2) is 48.7 Å². The first kappa shape index (κ1) is 8.27. The first-order valence-corrected chi connectivity index (χ1v) is 4.41. The molecule has 0 bridgehead atoms. The summed E-state index contributed by atoms with van der Waals surface area (Å²) in [6, 6.07) is 13.6. The van der Waals surface area contributed by atoms with Crippen molar-refractivity contribution >= 4 is 11.6 Å². The number of rotatable bonds is 1. The number of hydrogen-bond donors (Lipinski definition) is 0. The fourth-order valence-corrected chi connectivity index (χ4v) is 1.42. The molecule has 2 heteroatoms. The number of halogens is 1. The van der Waals surface area contributed by atoms with Gasteiger partial charge in [0.15, 0.2) is 0 Å². The standard InChI is InChI=1S/C11H8ClN/c12-10-7-4-8-13-11(10)9-5-2-1-3-6-9/h1-8H. The van der Waals surface area contributed by atoms with Gasteiger partial charge >= 0.3 is 0 Å². The third-order valence-electron chi connectivity index (χ3n) is 1.81. The molecule has 0 aliphatic carbocycles. The first-order valence-electron chi connectivity index (χ1n) is 4.04. The molecule has 1 heterocycles. The molecule has 0 unspecified atom stereocenters. The Morgan fingerprint density at radius 1 is 0.923 bits per heavy atom. The molecule has 0 radical (unpaired) electrons. The van der Waals surface area contributed by atoms with Crippen molar-refractivity contribution in [1.82, 2.24) is 4.98 Å². The van der Waals surface area contributed by atoms with E-state index < -0.39 is 0 Å². The van der Waals surface area contributed by atoms with Gasteiger partial charge in [0.1, 0.15) is 0 Å². The zero-order chi connectivity index (χ0) is 9.10. The van der Waals surface area contributed by atoms with Gasteiger partial charge in [-0.25, -0.2) is 0 Å². The van der Waals surface area contributed by atoms with Gasteiger partial charge in [0, 0.05) is 11.8 Å². The Balaban J connectivity index is 2.54. The molecule has 2 aromatic rings. The molecule has 0 fully saturated rings. The van der Waals surface area contributed by atoms with E-state index in [0.29, 0.717) is 5.02 Å². The summed E-state index contributed by atoms with van der Waals surface area (Å²) in [4.78, 5) is 4.22. The van der Waals surface area contributed by atoms with E-state index in [9.17, 15) is 0 Å². The average molecular weight is 190 g/mol. The number of nitrogens with zero attached hydrogens (tertiary/aromatic N) is 1. The second-order valence-corrected chi connectivity index (χ2v) is 3.11. The second-order valence-electron chi connectivity index (χ2n) is 2.70. The van der Waals surface area contributed by atoms with Gasteiger partial charge in [-0.1, -0.05) is 41.9 Å². The number of aromatic nitrogens is 1. The minimum atomic E-state index is 0.689. The van der Waals surface area contributed by atoms with Crippen LogP contribution < -0.4 is 0 Å². The van der Waals surface area contributed by atoms with Crippen LogP contribution in [0.2, 0.25) is 5.02 Å². The smallest absolute Gasteiger partial charge is 0.0888 e. The van der Waals surface area contributed by atoms with E-state index in [4.69, 9.17) is 11.6 Å². The Morgan fingerprint density at radius 2 is 1.69 bits per heavy atom. The predicted molar refractivity (Wildman–Crippen MR) is 54.7 cm³/mol. The molecule has 13 heavy (non-hydrogen) atoms. The van der Waals surface area contributed by atoms with Crippen LogP contribution in [0.25, 0.3) is 11.3 Å². The van der Waals surface area contributed by atoms with Crippen LogP contribution in [0.5, 0.6) is 0 Å². The van der Waals surface area contributed by atoms with E-state index in [2.05, 4.69) is 4.98 Å². The monoisotopic (exact) mass is 189 g/mol. The Labute approximate surface area is 82.0 Å². The molecule has 0 atom stereocenters. The zero-order valence-electron chi connectivity index (χ0n) is 6.94. The summed E-state index contributed by atoms with van der Waals surface area (Å²) in [6.45, 7) is 0. The molecule has 0 amide bonds. The fourth-order valence-electron chi connectivity index (χ4n) is 1.19. The topological polar surface area (TPSA) is 12.9 Å². The largest absolute Gasteiger partial charge is 0.255 e. The van der Waals surface area contributed by atoms with Crippen LogP contribution in [0, 0.1) is 0 Å². The van der Waals surface area contributed by atoms with Crippen LogP contribution in [0.3, 0.4) is 0 Å². The highest BCUT2D eigenvalue weighted by Gasteiger charge is 2.01. The molecule has 0 saturated carbocycles.